The molecule has 1 aromatic rings. The zero-order chi connectivity index (χ0) is 15.1. The van der Waals surface area contributed by atoms with Gasteiger partial charge in [0.05, 0.1) is 9.85 Å². The molecular weight excluding hydrogens is 285 g/mol. The quantitative estimate of drug-likeness (QED) is 0.616. The Labute approximate surface area is 108 Å². The number of hydrogen-bond acceptors (Lipinski definition) is 5. The fraction of sp³-hybridized carbons (Fsp3) is 0.200. The molecule has 7 nitrogen and oxygen atoms in total. The van der Waals surface area contributed by atoms with Crippen molar-refractivity contribution in [1.29, 1.82) is 0 Å². The van der Waals surface area contributed by atoms with E-state index in [1.54, 1.807) is 0 Å². The van der Waals surface area contributed by atoms with Crippen LogP contribution in [0.3, 0.4) is 0 Å². The second-order valence-corrected chi connectivity index (χ2v) is 3.85. The highest BCUT2D eigenvalue weighted by atomic mass is 19.4. The van der Waals surface area contributed by atoms with Crippen LogP contribution in [-0.4, -0.2) is 22.1 Å². The number of alkyl halides is 3. The number of nitrogens with zero attached hydrogens (tertiary/aromatic N) is 2. The molecule has 0 N–H and O–H groups in total. The molecule has 1 aromatic carbocycles. The third-order valence-corrected chi connectivity index (χ3v) is 2.53. The van der Waals surface area contributed by atoms with Crippen LogP contribution in [0, 0.1) is 20.2 Å². The molecule has 20 heavy (non-hydrogen) atoms. The second kappa shape index (κ2) is 4.47. The highest BCUT2D eigenvalue weighted by Gasteiger charge is 2.52. The maximum absolute atomic E-state index is 12.7. The number of benzene rings is 1. The van der Waals surface area contributed by atoms with E-state index in [1.807, 2.05) is 0 Å². The second-order valence-electron chi connectivity index (χ2n) is 3.85. The first-order valence-corrected chi connectivity index (χ1v) is 5.08. The van der Waals surface area contributed by atoms with E-state index in [9.17, 15) is 33.4 Å². The molecule has 0 amide bonds. The van der Waals surface area contributed by atoms with Crippen LogP contribution >= 0.6 is 0 Å². The smallest absolute Gasteiger partial charge is 0.436 e. The molecule has 1 aliphatic rings. The molecule has 0 aliphatic carbocycles. The molecule has 0 fully saturated rings. The van der Waals surface area contributed by atoms with Gasteiger partial charge in [0.15, 0.2) is 0 Å². The molecule has 10 heteroatoms. The minimum Gasteiger partial charge on any atom is -0.469 e. The zero-order valence-corrected chi connectivity index (χ0v) is 9.46. The van der Waals surface area contributed by atoms with Crippen molar-refractivity contribution in [3.8, 4) is 5.75 Å². The molecule has 0 bridgehead atoms. The van der Waals surface area contributed by atoms with E-state index in [0.717, 1.165) is 18.2 Å². The molecule has 1 heterocycles. The SMILES string of the molecule is O=[N+]([O-])C1=Cc2cc([N+](=O)[O-])ccc2OC1C(F)(F)F. The number of nitro groups is 2. The summed E-state index contributed by atoms with van der Waals surface area (Å²) in [5.41, 5.74) is -1.77. The lowest BCUT2D eigenvalue weighted by Gasteiger charge is -2.23. The normalized spacial score (nSPS) is 17.8. The predicted octanol–water partition coefficient (Wildman–Crippen LogP) is 2.54. The van der Waals surface area contributed by atoms with Crippen molar-refractivity contribution in [3.63, 3.8) is 0 Å². The summed E-state index contributed by atoms with van der Waals surface area (Å²) >= 11 is 0. The number of non-ortho nitro benzene ring substituents is 1. The highest BCUT2D eigenvalue weighted by Crippen LogP contribution is 2.38. The Kier molecular flexibility index (Phi) is 3.08. The van der Waals surface area contributed by atoms with Crippen LogP contribution in [0.5, 0.6) is 5.75 Å². The van der Waals surface area contributed by atoms with E-state index in [1.165, 1.54) is 0 Å². The number of hydrogen-bond donors (Lipinski definition) is 0. The Morgan fingerprint density at radius 2 is 1.80 bits per heavy atom. The van der Waals surface area contributed by atoms with Gasteiger partial charge in [0.2, 0.25) is 0 Å². The maximum Gasteiger partial charge on any atom is 0.436 e. The van der Waals surface area contributed by atoms with Gasteiger partial charge in [0, 0.05) is 23.8 Å². The van der Waals surface area contributed by atoms with Gasteiger partial charge in [0.25, 0.3) is 17.5 Å². The summed E-state index contributed by atoms with van der Waals surface area (Å²) < 4.78 is 42.6. The van der Waals surface area contributed by atoms with Gasteiger partial charge in [-0.25, -0.2) is 0 Å². The summed E-state index contributed by atoms with van der Waals surface area (Å²) in [6.45, 7) is 0. The molecule has 1 aliphatic heterocycles. The van der Waals surface area contributed by atoms with Crippen LogP contribution in [-0.2, 0) is 0 Å². The minimum absolute atomic E-state index is 0.147. The van der Waals surface area contributed by atoms with Gasteiger partial charge in [-0.15, -0.1) is 0 Å². The summed E-state index contributed by atoms with van der Waals surface area (Å²) in [6, 6.07) is 2.84. The molecule has 0 spiro atoms. The van der Waals surface area contributed by atoms with Gasteiger partial charge in [0.1, 0.15) is 5.75 Å². The molecule has 106 valence electrons. The standard InChI is InChI=1S/C10H5F3N2O5/c11-10(12,13)9-7(15(18)19)4-5-3-6(14(16)17)1-2-8(5)20-9/h1-4,9H. The molecule has 0 saturated heterocycles. The Bertz CT molecular complexity index is 626. The van der Waals surface area contributed by atoms with E-state index in [2.05, 4.69) is 4.74 Å². The maximum atomic E-state index is 12.7. The molecule has 1 atom stereocenters. The van der Waals surface area contributed by atoms with Crippen molar-refractivity contribution in [1.82, 2.24) is 0 Å². The first-order valence-electron chi connectivity index (χ1n) is 5.08. The average molecular weight is 290 g/mol. The van der Waals surface area contributed by atoms with Crippen molar-refractivity contribution in [2.45, 2.75) is 12.3 Å². The third-order valence-electron chi connectivity index (χ3n) is 2.53. The first kappa shape index (κ1) is 13.8. The predicted molar refractivity (Wildman–Crippen MR) is 58.5 cm³/mol. The Hall–Kier alpha value is -2.65. The molecule has 1 unspecified atom stereocenters. The number of ether oxygens (including phenoxy) is 1. The van der Waals surface area contributed by atoms with Gasteiger partial charge < -0.3 is 4.74 Å². The largest absolute Gasteiger partial charge is 0.469 e. The van der Waals surface area contributed by atoms with E-state index in [4.69, 9.17) is 0 Å². The highest BCUT2D eigenvalue weighted by molar-refractivity contribution is 5.64. The van der Waals surface area contributed by atoms with E-state index >= 15 is 0 Å². The van der Waals surface area contributed by atoms with Crippen LogP contribution in [0.1, 0.15) is 5.56 Å². The van der Waals surface area contributed by atoms with Crippen LogP contribution in [0.25, 0.3) is 6.08 Å². The Balaban J connectivity index is 2.54. The summed E-state index contributed by atoms with van der Waals surface area (Å²) in [6.07, 6.45) is -7.03. The van der Waals surface area contributed by atoms with Crippen molar-refractivity contribution >= 4 is 11.8 Å². The van der Waals surface area contributed by atoms with Gasteiger partial charge in [-0.1, -0.05) is 0 Å². The number of halogens is 3. The average Bonchev–Trinajstić information content (AvgIpc) is 2.35. The van der Waals surface area contributed by atoms with Crippen LogP contribution < -0.4 is 4.74 Å². The Morgan fingerprint density at radius 3 is 2.30 bits per heavy atom. The minimum atomic E-state index is -4.96. The van der Waals surface area contributed by atoms with Crippen molar-refractivity contribution in [3.05, 3.63) is 49.7 Å². The fourth-order valence-corrected chi connectivity index (χ4v) is 1.67. The number of nitro benzene ring substituents is 1. The summed E-state index contributed by atoms with van der Waals surface area (Å²) in [7, 11) is 0. The van der Waals surface area contributed by atoms with Gasteiger partial charge in [-0.05, 0) is 6.07 Å². The molecule has 2 rings (SSSR count). The van der Waals surface area contributed by atoms with E-state index in [-0.39, 0.29) is 11.3 Å². The number of rotatable bonds is 2. The molecule has 0 radical (unpaired) electrons. The number of fused-ring (bicyclic) bond motifs is 1. The van der Waals surface area contributed by atoms with Crippen LogP contribution in [0.15, 0.2) is 23.9 Å². The fourth-order valence-electron chi connectivity index (χ4n) is 1.67. The summed E-state index contributed by atoms with van der Waals surface area (Å²) in [5.74, 6) is -0.302. The third kappa shape index (κ3) is 2.39. The summed E-state index contributed by atoms with van der Waals surface area (Å²) in [4.78, 5) is 19.2. The lowest BCUT2D eigenvalue weighted by molar-refractivity contribution is -0.443. The van der Waals surface area contributed by atoms with Gasteiger partial charge >= 0.3 is 6.18 Å². The first-order chi connectivity index (χ1) is 9.20. The van der Waals surface area contributed by atoms with Gasteiger partial charge in [-0.3, -0.25) is 20.2 Å². The van der Waals surface area contributed by atoms with Crippen molar-refractivity contribution < 1.29 is 27.8 Å². The van der Waals surface area contributed by atoms with Crippen molar-refractivity contribution in [2.24, 2.45) is 0 Å². The molecular formula is C10H5F3N2O5. The van der Waals surface area contributed by atoms with E-state index < -0.39 is 33.5 Å². The van der Waals surface area contributed by atoms with E-state index in [0.29, 0.717) is 6.08 Å². The monoisotopic (exact) mass is 290 g/mol. The lowest BCUT2D eigenvalue weighted by Crippen LogP contribution is -2.40. The summed E-state index contributed by atoms with van der Waals surface area (Å²) in [5, 5.41) is 21.2. The van der Waals surface area contributed by atoms with Crippen LogP contribution in [0.2, 0.25) is 0 Å². The van der Waals surface area contributed by atoms with Gasteiger partial charge in [-0.2, -0.15) is 13.2 Å². The molecule has 0 saturated carbocycles. The lowest BCUT2D eigenvalue weighted by atomic mass is 10.1. The Morgan fingerprint density at radius 1 is 1.15 bits per heavy atom. The van der Waals surface area contributed by atoms with Crippen LogP contribution in [0.4, 0.5) is 18.9 Å². The van der Waals surface area contributed by atoms with Crippen molar-refractivity contribution in [2.75, 3.05) is 0 Å². The topological polar surface area (TPSA) is 95.5 Å². The molecule has 0 aromatic heterocycles. The zero-order valence-electron chi connectivity index (χ0n) is 9.46.